The van der Waals surface area contributed by atoms with E-state index >= 15 is 0 Å². The lowest BCUT2D eigenvalue weighted by molar-refractivity contribution is 0.426. The molecular formula is C14H15ClN2. The Balaban J connectivity index is 2.02. The molecule has 0 fully saturated rings. The maximum absolute atomic E-state index is 5.90. The molecule has 17 heavy (non-hydrogen) atoms. The van der Waals surface area contributed by atoms with Crippen molar-refractivity contribution in [1.29, 1.82) is 0 Å². The molecule has 0 spiro atoms. The largest absolute Gasteiger partial charge is 0.331 e. The molecule has 3 heteroatoms. The van der Waals surface area contributed by atoms with Gasteiger partial charge in [0.05, 0.1) is 5.69 Å². The Morgan fingerprint density at radius 2 is 2.06 bits per heavy atom. The van der Waals surface area contributed by atoms with Gasteiger partial charge in [-0.1, -0.05) is 23.7 Å². The van der Waals surface area contributed by atoms with E-state index in [2.05, 4.69) is 17.7 Å². The van der Waals surface area contributed by atoms with Gasteiger partial charge >= 0.3 is 0 Å². The van der Waals surface area contributed by atoms with Gasteiger partial charge in [-0.3, -0.25) is 0 Å². The average Bonchev–Trinajstić information content (AvgIpc) is 2.75. The molecule has 1 aromatic carbocycles. The zero-order valence-electron chi connectivity index (χ0n) is 9.86. The summed E-state index contributed by atoms with van der Waals surface area (Å²) in [4.78, 5) is 4.72. The first-order valence-electron chi connectivity index (χ1n) is 6.08. The number of benzene rings is 1. The van der Waals surface area contributed by atoms with Crippen molar-refractivity contribution in [2.45, 2.75) is 32.2 Å². The monoisotopic (exact) mass is 246 g/mol. The van der Waals surface area contributed by atoms with Crippen LogP contribution in [0.15, 0.2) is 30.5 Å². The maximum Gasteiger partial charge on any atom is 0.109 e. The first kappa shape index (κ1) is 10.8. The molecule has 0 bridgehead atoms. The van der Waals surface area contributed by atoms with Crippen molar-refractivity contribution in [3.05, 3.63) is 41.3 Å². The van der Waals surface area contributed by atoms with E-state index in [-0.39, 0.29) is 0 Å². The zero-order chi connectivity index (χ0) is 11.8. The summed E-state index contributed by atoms with van der Waals surface area (Å²) in [7, 11) is 0. The van der Waals surface area contributed by atoms with Gasteiger partial charge in [0.25, 0.3) is 0 Å². The van der Waals surface area contributed by atoms with E-state index in [4.69, 9.17) is 16.6 Å². The molecule has 0 saturated heterocycles. The summed E-state index contributed by atoms with van der Waals surface area (Å²) in [5.74, 6) is 1.22. The third-order valence-electron chi connectivity index (χ3n) is 3.45. The van der Waals surface area contributed by atoms with Gasteiger partial charge in [0.2, 0.25) is 0 Å². The van der Waals surface area contributed by atoms with Crippen molar-refractivity contribution in [2.75, 3.05) is 0 Å². The zero-order valence-corrected chi connectivity index (χ0v) is 10.6. The van der Waals surface area contributed by atoms with Crippen molar-refractivity contribution in [1.82, 2.24) is 9.55 Å². The quantitative estimate of drug-likeness (QED) is 0.741. The lowest BCUT2D eigenvalue weighted by Crippen LogP contribution is -2.14. The van der Waals surface area contributed by atoms with Gasteiger partial charge in [-0.25, -0.2) is 4.98 Å². The Hall–Kier alpha value is -1.28. The minimum Gasteiger partial charge on any atom is -0.331 e. The highest BCUT2D eigenvalue weighted by molar-refractivity contribution is 6.30. The van der Waals surface area contributed by atoms with Crippen LogP contribution in [-0.4, -0.2) is 9.55 Å². The average molecular weight is 247 g/mol. The second-order valence-electron chi connectivity index (χ2n) is 4.70. The fraction of sp³-hybridized carbons (Fsp3) is 0.357. The normalized spacial score (nSPS) is 19.1. The molecule has 0 radical (unpaired) electrons. The van der Waals surface area contributed by atoms with Crippen molar-refractivity contribution in [3.63, 3.8) is 0 Å². The van der Waals surface area contributed by atoms with Crippen LogP contribution in [0.25, 0.3) is 11.3 Å². The van der Waals surface area contributed by atoms with E-state index in [1.165, 1.54) is 18.7 Å². The van der Waals surface area contributed by atoms with Crippen LogP contribution in [-0.2, 0) is 6.42 Å². The number of nitrogens with zero attached hydrogens (tertiary/aromatic N) is 2. The number of halogens is 1. The predicted octanol–water partition coefficient (Wildman–Crippen LogP) is 4.10. The number of hydrogen-bond donors (Lipinski definition) is 0. The molecule has 2 heterocycles. The van der Waals surface area contributed by atoms with Gasteiger partial charge in [-0.2, -0.15) is 0 Å². The maximum atomic E-state index is 5.90. The number of hydrogen-bond acceptors (Lipinski definition) is 1. The highest BCUT2D eigenvalue weighted by Crippen LogP contribution is 2.28. The molecule has 1 aromatic heterocycles. The van der Waals surface area contributed by atoms with E-state index in [9.17, 15) is 0 Å². The van der Waals surface area contributed by atoms with Crippen LogP contribution < -0.4 is 0 Å². The number of imidazole rings is 1. The second-order valence-corrected chi connectivity index (χ2v) is 5.13. The Morgan fingerprint density at radius 3 is 2.76 bits per heavy atom. The fourth-order valence-corrected chi connectivity index (χ4v) is 2.58. The van der Waals surface area contributed by atoms with Crippen LogP contribution in [0.2, 0.25) is 5.02 Å². The number of fused-ring (bicyclic) bond motifs is 1. The predicted molar refractivity (Wildman–Crippen MR) is 70.3 cm³/mol. The van der Waals surface area contributed by atoms with Crippen molar-refractivity contribution in [3.8, 4) is 11.3 Å². The van der Waals surface area contributed by atoms with Crippen LogP contribution in [0, 0.1) is 0 Å². The summed E-state index contributed by atoms with van der Waals surface area (Å²) < 4.78 is 2.31. The Labute approximate surface area is 106 Å². The second kappa shape index (κ2) is 4.19. The van der Waals surface area contributed by atoms with Gasteiger partial charge in [0, 0.05) is 29.2 Å². The van der Waals surface area contributed by atoms with Gasteiger partial charge in [0.15, 0.2) is 0 Å². The van der Waals surface area contributed by atoms with E-state index in [1.54, 1.807) is 0 Å². The molecule has 3 rings (SSSR count). The Morgan fingerprint density at radius 1 is 1.29 bits per heavy atom. The molecule has 1 unspecified atom stereocenters. The molecule has 1 aliphatic rings. The fourth-order valence-electron chi connectivity index (χ4n) is 2.45. The number of rotatable bonds is 1. The Bertz CT molecular complexity index is 528. The molecule has 1 atom stereocenters. The molecular weight excluding hydrogens is 232 g/mol. The van der Waals surface area contributed by atoms with Crippen LogP contribution in [0.1, 0.15) is 31.6 Å². The minimum atomic E-state index is 0.576. The van der Waals surface area contributed by atoms with Gasteiger partial charge in [0.1, 0.15) is 5.82 Å². The first-order chi connectivity index (χ1) is 8.24. The molecule has 88 valence electrons. The first-order valence-corrected chi connectivity index (χ1v) is 6.45. The van der Waals surface area contributed by atoms with E-state index in [0.29, 0.717) is 6.04 Å². The molecule has 2 aromatic rings. The Kier molecular flexibility index (Phi) is 2.67. The van der Waals surface area contributed by atoms with E-state index in [1.807, 2.05) is 24.3 Å². The van der Waals surface area contributed by atoms with E-state index in [0.717, 1.165) is 22.7 Å². The lowest BCUT2D eigenvalue weighted by Gasteiger charge is -2.20. The third-order valence-corrected chi connectivity index (χ3v) is 3.70. The standard InChI is InChI=1S/C14H15ClN2/c1-10-3-2-4-14-16-13(9-17(10)14)11-5-7-12(15)8-6-11/h5-10H,2-4H2,1H3. The summed E-state index contributed by atoms with van der Waals surface area (Å²) in [5, 5.41) is 0.770. The molecule has 0 amide bonds. The number of aromatic nitrogens is 2. The minimum absolute atomic E-state index is 0.576. The molecule has 0 N–H and O–H groups in total. The highest BCUT2D eigenvalue weighted by Gasteiger charge is 2.18. The summed E-state index contributed by atoms with van der Waals surface area (Å²) in [6.45, 7) is 2.26. The third kappa shape index (κ3) is 1.98. The van der Waals surface area contributed by atoms with Crippen molar-refractivity contribution >= 4 is 11.6 Å². The topological polar surface area (TPSA) is 17.8 Å². The highest BCUT2D eigenvalue weighted by atomic mass is 35.5. The van der Waals surface area contributed by atoms with Crippen LogP contribution in [0.4, 0.5) is 0 Å². The van der Waals surface area contributed by atoms with Crippen molar-refractivity contribution < 1.29 is 0 Å². The van der Waals surface area contributed by atoms with Crippen LogP contribution in [0.5, 0.6) is 0 Å². The van der Waals surface area contributed by atoms with E-state index < -0.39 is 0 Å². The lowest BCUT2D eigenvalue weighted by atomic mass is 10.1. The molecule has 0 aliphatic carbocycles. The summed E-state index contributed by atoms with van der Waals surface area (Å²) in [6.07, 6.45) is 5.77. The summed E-state index contributed by atoms with van der Waals surface area (Å²) in [6, 6.07) is 8.47. The number of aryl methyl sites for hydroxylation is 1. The summed E-state index contributed by atoms with van der Waals surface area (Å²) >= 11 is 5.90. The SMILES string of the molecule is CC1CCCc2nc(-c3ccc(Cl)cc3)cn21. The van der Waals surface area contributed by atoms with Crippen LogP contribution in [0.3, 0.4) is 0 Å². The molecule has 1 aliphatic heterocycles. The van der Waals surface area contributed by atoms with Crippen LogP contribution >= 0.6 is 11.6 Å². The van der Waals surface area contributed by atoms with Gasteiger partial charge < -0.3 is 4.57 Å². The summed E-state index contributed by atoms with van der Waals surface area (Å²) in [5.41, 5.74) is 2.20. The smallest absolute Gasteiger partial charge is 0.109 e. The van der Waals surface area contributed by atoms with Crippen molar-refractivity contribution in [2.24, 2.45) is 0 Å². The van der Waals surface area contributed by atoms with Gasteiger partial charge in [-0.15, -0.1) is 0 Å². The molecule has 0 saturated carbocycles. The van der Waals surface area contributed by atoms with Gasteiger partial charge in [-0.05, 0) is 31.9 Å². The molecule has 2 nitrogen and oxygen atoms in total.